The number of nitrogens with one attached hydrogen (secondary N) is 1. The number of hydrogen-bond donors (Lipinski definition) is 1. The van der Waals surface area contributed by atoms with Gasteiger partial charge < -0.3 is 10.1 Å². The molecule has 0 fully saturated rings. The number of ether oxygens (including phenoxy) is 1. The van der Waals surface area contributed by atoms with Gasteiger partial charge in [0.05, 0.1) is 12.4 Å². The first-order chi connectivity index (χ1) is 8.10. The van der Waals surface area contributed by atoms with E-state index in [1.165, 1.54) is 0 Å². The maximum atomic E-state index is 11.6. The molecule has 1 aromatic rings. The van der Waals surface area contributed by atoms with Crippen molar-refractivity contribution in [2.45, 2.75) is 25.1 Å². The lowest BCUT2D eigenvalue weighted by Crippen LogP contribution is -2.32. The van der Waals surface area contributed by atoms with Gasteiger partial charge in [0.1, 0.15) is 5.75 Å². The number of methoxy groups -OCH3 is 1. The summed E-state index contributed by atoms with van der Waals surface area (Å²) < 4.78 is 16.7. The van der Waals surface area contributed by atoms with Gasteiger partial charge in [-0.05, 0) is 31.2 Å². The van der Waals surface area contributed by atoms with Crippen LogP contribution in [-0.2, 0) is 10.8 Å². The van der Waals surface area contributed by atoms with Crippen LogP contribution >= 0.6 is 0 Å². The average molecular weight is 255 g/mol. The Balaban J connectivity index is 2.92. The van der Waals surface area contributed by atoms with Crippen molar-refractivity contribution in [3.05, 3.63) is 29.8 Å². The fraction of sp³-hybridized carbons (Fsp3) is 0.538. The molecule has 1 N–H and O–H groups in total. The summed E-state index contributed by atoms with van der Waals surface area (Å²) in [4.78, 5) is 0. The van der Waals surface area contributed by atoms with Crippen LogP contribution in [0.5, 0.6) is 5.75 Å². The van der Waals surface area contributed by atoms with Crippen molar-refractivity contribution in [3.8, 4) is 5.75 Å². The Bertz CT molecular complexity index is 364. The van der Waals surface area contributed by atoms with Crippen LogP contribution in [0.4, 0.5) is 0 Å². The van der Waals surface area contributed by atoms with Crippen LogP contribution in [0, 0.1) is 0 Å². The van der Waals surface area contributed by atoms with E-state index in [4.69, 9.17) is 4.74 Å². The molecule has 1 rings (SSSR count). The minimum atomic E-state index is -0.843. The molecule has 3 atom stereocenters. The first kappa shape index (κ1) is 14.2. The summed E-state index contributed by atoms with van der Waals surface area (Å²) in [6.45, 7) is 4.92. The lowest BCUT2D eigenvalue weighted by atomic mass is 10.0. The van der Waals surface area contributed by atoms with Crippen molar-refractivity contribution in [2.75, 3.05) is 19.9 Å². The highest BCUT2D eigenvalue weighted by molar-refractivity contribution is 7.84. The molecule has 0 heterocycles. The lowest BCUT2D eigenvalue weighted by Gasteiger charge is -2.23. The molecule has 0 aliphatic heterocycles. The van der Waals surface area contributed by atoms with Crippen LogP contribution in [0.25, 0.3) is 0 Å². The lowest BCUT2D eigenvalue weighted by molar-refractivity contribution is 0.414. The first-order valence-electron chi connectivity index (χ1n) is 5.79. The van der Waals surface area contributed by atoms with Crippen LogP contribution in [0.15, 0.2) is 24.3 Å². The quantitative estimate of drug-likeness (QED) is 0.846. The zero-order valence-electron chi connectivity index (χ0n) is 10.9. The highest BCUT2D eigenvalue weighted by Gasteiger charge is 2.21. The molecule has 3 nitrogen and oxygen atoms in total. The average Bonchev–Trinajstić information content (AvgIpc) is 2.35. The molecule has 0 saturated carbocycles. The van der Waals surface area contributed by atoms with Crippen LogP contribution < -0.4 is 10.1 Å². The predicted octanol–water partition coefficient (Wildman–Crippen LogP) is 2.11. The molecule has 0 saturated heterocycles. The fourth-order valence-corrected chi connectivity index (χ4v) is 2.41. The molecule has 3 unspecified atom stereocenters. The summed E-state index contributed by atoms with van der Waals surface area (Å²) in [7, 11) is 0.810. The van der Waals surface area contributed by atoms with E-state index in [9.17, 15) is 4.21 Å². The van der Waals surface area contributed by atoms with E-state index in [0.29, 0.717) is 0 Å². The van der Waals surface area contributed by atoms with E-state index in [1.54, 1.807) is 13.4 Å². The van der Waals surface area contributed by atoms with E-state index in [0.717, 1.165) is 17.9 Å². The maximum absolute atomic E-state index is 11.6. The molecule has 1 aromatic carbocycles. The highest BCUT2D eigenvalue weighted by atomic mass is 32.2. The largest absolute Gasteiger partial charge is 0.497 e. The second kappa shape index (κ2) is 6.77. The molecular weight excluding hydrogens is 234 g/mol. The van der Waals surface area contributed by atoms with Crippen LogP contribution in [0.2, 0.25) is 0 Å². The summed E-state index contributed by atoms with van der Waals surface area (Å²) in [5, 5.41) is 3.47. The smallest absolute Gasteiger partial charge is 0.118 e. The van der Waals surface area contributed by atoms with Crippen molar-refractivity contribution in [1.82, 2.24) is 5.32 Å². The Hall–Kier alpha value is -0.870. The third kappa shape index (κ3) is 3.82. The minimum absolute atomic E-state index is 0.0864. The molecular formula is C13H21NO2S. The van der Waals surface area contributed by atoms with Crippen LogP contribution in [-0.4, -0.2) is 29.4 Å². The normalized spacial score (nSPS) is 16.2. The molecule has 0 aliphatic carbocycles. The molecule has 0 aromatic heterocycles. The van der Waals surface area contributed by atoms with Crippen molar-refractivity contribution < 1.29 is 8.95 Å². The van der Waals surface area contributed by atoms with Gasteiger partial charge in [-0.25, -0.2) is 0 Å². The van der Waals surface area contributed by atoms with E-state index >= 15 is 0 Å². The maximum Gasteiger partial charge on any atom is 0.118 e. The molecule has 0 spiro atoms. The Morgan fingerprint density at radius 3 is 2.35 bits per heavy atom. The Kier molecular flexibility index (Phi) is 5.65. The monoisotopic (exact) mass is 255 g/mol. The second-order valence-corrected chi connectivity index (χ2v) is 5.75. The first-order valence-corrected chi connectivity index (χ1v) is 7.41. The van der Waals surface area contributed by atoms with Crippen molar-refractivity contribution in [1.29, 1.82) is 0 Å². The van der Waals surface area contributed by atoms with E-state index in [1.807, 2.05) is 31.2 Å². The summed E-state index contributed by atoms with van der Waals surface area (Å²) >= 11 is 0. The van der Waals surface area contributed by atoms with E-state index in [-0.39, 0.29) is 11.3 Å². The standard InChI is InChI=1S/C13H21NO2S/c1-5-14-13(10(2)17(4)15)11-6-8-12(16-3)9-7-11/h6-10,13-14H,5H2,1-4H3. The molecule has 17 heavy (non-hydrogen) atoms. The molecule has 96 valence electrons. The van der Waals surface area contributed by atoms with Gasteiger partial charge in [-0.3, -0.25) is 4.21 Å². The van der Waals surface area contributed by atoms with Crippen molar-refractivity contribution in [2.24, 2.45) is 0 Å². The number of benzene rings is 1. The van der Waals surface area contributed by atoms with Gasteiger partial charge in [0.15, 0.2) is 0 Å². The van der Waals surface area contributed by atoms with Crippen molar-refractivity contribution in [3.63, 3.8) is 0 Å². The number of hydrogen-bond acceptors (Lipinski definition) is 3. The summed E-state index contributed by atoms with van der Waals surface area (Å²) in [6, 6.07) is 8.04. The molecule has 0 aliphatic rings. The molecule has 0 amide bonds. The third-order valence-electron chi connectivity index (χ3n) is 2.89. The van der Waals surface area contributed by atoms with Gasteiger partial charge in [0.25, 0.3) is 0 Å². The summed E-state index contributed by atoms with van der Waals surface area (Å²) in [5.74, 6) is 0.842. The molecule has 0 bridgehead atoms. The Morgan fingerprint density at radius 1 is 1.35 bits per heavy atom. The molecule has 4 heteroatoms. The zero-order chi connectivity index (χ0) is 12.8. The highest BCUT2D eigenvalue weighted by Crippen LogP contribution is 2.22. The van der Waals surface area contributed by atoms with Gasteiger partial charge in [-0.15, -0.1) is 0 Å². The second-order valence-electron chi connectivity index (χ2n) is 4.01. The Morgan fingerprint density at radius 2 is 1.94 bits per heavy atom. The predicted molar refractivity (Wildman–Crippen MR) is 72.9 cm³/mol. The van der Waals surface area contributed by atoms with Crippen molar-refractivity contribution >= 4 is 10.8 Å². The van der Waals surface area contributed by atoms with Crippen LogP contribution in [0.1, 0.15) is 25.5 Å². The topological polar surface area (TPSA) is 38.3 Å². The summed E-state index contributed by atoms with van der Waals surface area (Å²) in [6.07, 6.45) is 1.75. The molecule has 0 radical (unpaired) electrons. The minimum Gasteiger partial charge on any atom is -0.497 e. The van der Waals surface area contributed by atoms with Gasteiger partial charge in [0.2, 0.25) is 0 Å². The fourth-order valence-electron chi connectivity index (χ4n) is 1.78. The van der Waals surface area contributed by atoms with E-state index < -0.39 is 10.8 Å². The third-order valence-corrected chi connectivity index (χ3v) is 4.21. The van der Waals surface area contributed by atoms with E-state index in [2.05, 4.69) is 12.2 Å². The SMILES string of the molecule is CCNC(c1ccc(OC)cc1)C(C)S(C)=O. The summed E-state index contributed by atoms with van der Waals surface area (Å²) in [5.41, 5.74) is 1.15. The van der Waals surface area contributed by atoms with Gasteiger partial charge in [-0.1, -0.05) is 19.1 Å². The Labute approximate surface area is 106 Å². The van der Waals surface area contributed by atoms with Gasteiger partial charge in [-0.2, -0.15) is 0 Å². The zero-order valence-corrected chi connectivity index (χ0v) is 11.7. The van der Waals surface area contributed by atoms with Gasteiger partial charge in [0, 0.05) is 23.1 Å². The van der Waals surface area contributed by atoms with Crippen LogP contribution in [0.3, 0.4) is 0 Å². The van der Waals surface area contributed by atoms with Gasteiger partial charge >= 0.3 is 0 Å². The number of rotatable bonds is 6.